The molecule has 1 unspecified atom stereocenters. The molecule has 1 N–H and O–H groups in total. The molecule has 104 valence electrons. The van der Waals surface area contributed by atoms with E-state index in [-0.39, 0.29) is 5.82 Å². The number of halogens is 1. The van der Waals surface area contributed by atoms with Crippen molar-refractivity contribution in [1.29, 1.82) is 0 Å². The first-order valence-corrected chi connectivity index (χ1v) is 7.47. The summed E-state index contributed by atoms with van der Waals surface area (Å²) in [6.45, 7) is 6.64. The molecule has 0 saturated carbocycles. The zero-order valence-corrected chi connectivity index (χ0v) is 11.7. The molecule has 3 rings (SSSR count). The molecule has 1 saturated heterocycles. The SMILES string of the molecule is CCC1(CN2CCc3ccc(F)cc32)CCCNC1. The molecule has 0 bridgehead atoms. The van der Waals surface area contributed by atoms with Crippen LogP contribution in [0.2, 0.25) is 0 Å². The van der Waals surface area contributed by atoms with Crippen LogP contribution in [0.3, 0.4) is 0 Å². The molecule has 0 aromatic heterocycles. The topological polar surface area (TPSA) is 15.3 Å². The Labute approximate surface area is 115 Å². The molecule has 3 heteroatoms. The van der Waals surface area contributed by atoms with E-state index in [4.69, 9.17) is 0 Å². The lowest BCUT2D eigenvalue weighted by molar-refractivity contribution is 0.206. The van der Waals surface area contributed by atoms with Gasteiger partial charge in [-0.25, -0.2) is 4.39 Å². The molecular formula is C16H23FN2. The molecule has 0 spiro atoms. The largest absolute Gasteiger partial charge is 0.370 e. The number of hydrogen-bond acceptors (Lipinski definition) is 2. The molecule has 1 aromatic rings. The fourth-order valence-electron chi connectivity index (χ4n) is 3.57. The van der Waals surface area contributed by atoms with Crippen molar-refractivity contribution in [2.24, 2.45) is 5.41 Å². The summed E-state index contributed by atoms with van der Waals surface area (Å²) in [6, 6.07) is 5.24. The lowest BCUT2D eigenvalue weighted by Gasteiger charge is -2.40. The lowest BCUT2D eigenvalue weighted by atomic mass is 9.78. The van der Waals surface area contributed by atoms with Gasteiger partial charge in [0.05, 0.1) is 0 Å². The third kappa shape index (κ3) is 2.48. The summed E-state index contributed by atoms with van der Waals surface area (Å²) in [5.41, 5.74) is 2.79. The van der Waals surface area contributed by atoms with Gasteiger partial charge in [-0.3, -0.25) is 0 Å². The van der Waals surface area contributed by atoms with Crippen molar-refractivity contribution in [3.8, 4) is 0 Å². The highest BCUT2D eigenvalue weighted by Gasteiger charge is 2.34. The maximum atomic E-state index is 13.5. The maximum absolute atomic E-state index is 13.5. The summed E-state index contributed by atoms with van der Waals surface area (Å²) in [6.07, 6.45) is 4.80. The molecule has 1 aromatic carbocycles. The van der Waals surface area contributed by atoms with E-state index in [1.54, 1.807) is 12.1 Å². The van der Waals surface area contributed by atoms with E-state index in [0.29, 0.717) is 5.41 Å². The molecule has 1 atom stereocenters. The van der Waals surface area contributed by atoms with Crippen molar-refractivity contribution in [2.75, 3.05) is 31.1 Å². The highest BCUT2D eigenvalue weighted by Crippen LogP contribution is 2.36. The van der Waals surface area contributed by atoms with Crippen LogP contribution in [0.15, 0.2) is 18.2 Å². The Hall–Kier alpha value is -1.09. The predicted octanol–water partition coefficient (Wildman–Crippen LogP) is 2.97. The van der Waals surface area contributed by atoms with Crippen LogP contribution in [0.1, 0.15) is 31.7 Å². The van der Waals surface area contributed by atoms with Crippen molar-refractivity contribution in [1.82, 2.24) is 5.32 Å². The second kappa shape index (κ2) is 5.12. The Kier molecular flexibility index (Phi) is 3.48. The summed E-state index contributed by atoms with van der Waals surface area (Å²) in [5, 5.41) is 3.54. The van der Waals surface area contributed by atoms with Crippen LogP contribution >= 0.6 is 0 Å². The fraction of sp³-hybridized carbons (Fsp3) is 0.625. The summed E-state index contributed by atoms with van der Waals surface area (Å²) in [4.78, 5) is 2.40. The van der Waals surface area contributed by atoms with E-state index in [0.717, 1.165) is 38.3 Å². The minimum absolute atomic E-state index is 0.113. The van der Waals surface area contributed by atoms with E-state index >= 15 is 0 Å². The van der Waals surface area contributed by atoms with Gasteiger partial charge in [0.15, 0.2) is 0 Å². The third-order valence-corrected chi connectivity index (χ3v) is 4.88. The number of benzene rings is 1. The molecular weight excluding hydrogens is 239 g/mol. The van der Waals surface area contributed by atoms with Crippen molar-refractivity contribution < 1.29 is 4.39 Å². The van der Waals surface area contributed by atoms with Gasteiger partial charge in [0, 0.05) is 30.7 Å². The Bertz CT molecular complexity index is 452. The number of anilines is 1. The molecule has 0 aliphatic carbocycles. The number of rotatable bonds is 3. The fourth-order valence-corrected chi connectivity index (χ4v) is 3.57. The summed E-state index contributed by atoms with van der Waals surface area (Å²) >= 11 is 0. The van der Waals surface area contributed by atoms with E-state index in [2.05, 4.69) is 17.1 Å². The average Bonchev–Trinajstić information content (AvgIpc) is 2.82. The van der Waals surface area contributed by atoms with Crippen molar-refractivity contribution in [2.45, 2.75) is 32.6 Å². The summed E-state index contributed by atoms with van der Waals surface area (Å²) in [7, 11) is 0. The van der Waals surface area contributed by atoms with Gasteiger partial charge in [-0.1, -0.05) is 13.0 Å². The lowest BCUT2D eigenvalue weighted by Crippen LogP contribution is -2.47. The van der Waals surface area contributed by atoms with Crippen LogP contribution in [0.25, 0.3) is 0 Å². The average molecular weight is 262 g/mol. The van der Waals surface area contributed by atoms with Gasteiger partial charge >= 0.3 is 0 Å². The van der Waals surface area contributed by atoms with E-state index < -0.39 is 0 Å². The quantitative estimate of drug-likeness (QED) is 0.901. The van der Waals surface area contributed by atoms with Crippen LogP contribution < -0.4 is 10.2 Å². The predicted molar refractivity (Wildman–Crippen MR) is 77.1 cm³/mol. The standard InChI is InChI=1S/C16H23FN2/c1-2-16(7-3-8-18-11-16)12-19-9-6-13-4-5-14(17)10-15(13)19/h4-5,10,18H,2-3,6-9,11-12H2,1H3. The molecule has 2 heterocycles. The Morgan fingerprint density at radius 2 is 2.32 bits per heavy atom. The van der Waals surface area contributed by atoms with Crippen LogP contribution in [0.5, 0.6) is 0 Å². The van der Waals surface area contributed by atoms with E-state index in [9.17, 15) is 4.39 Å². The highest BCUT2D eigenvalue weighted by atomic mass is 19.1. The Balaban J connectivity index is 1.79. The smallest absolute Gasteiger partial charge is 0.125 e. The molecule has 1 fully saturated rings. The minimum Gasteiger partial charge on any atom is -0.370 e. The maximum Gasteiger partial charge on any atom is 0.125 e. The molecule has 2 aliphatic heterocycles. The van der Waals surface area contributed by atoms with Crippen LogP contribution in [0, 0.1) is 11.2 Å². The van der Waals surface area contributed by atoms with Crippen LogP contribution in [-0.4, -0.2) is 26.2 Å². The number of hydrogen-bond donors (Lipinski definition) is 1. The molecule has 0 radical (unpaired) electrons. The monoisotopic (exact) mass is 262 g/mol. The first-order chi connectivity index (χ1) is 9.22. The third-order valence-electron chi connectivity index (χ3n) is 4.88. The van der Waals surface area contributed by atoms with Gasteiger partial charge in [-0.2, -0.15) is 0 Å². The molecule has 0 amide bonds. The van der Waals surface area contributed by atoms with Gasteiger partial charge < -0.3 is 10.2 Å². The van der Waals surface area contributed by atoms with Crippen LogP contribution in [0.4, 0.5) is 10.1 Å². The Morgan fingerprint density at radius 3 is 3.05 bits per heavy atom. The van der Waals surface area contributed by atoms with Crippen molar-refractivity contribution in [3.63, 3.8) is 0 Å². The zero-order chi connectivity index (χ0) is 13.3. The second-order valence-electron chi connectivity index (χ2n) is 6.08. The number of nitrogens with zero attached hydrogens (tertiary/aromatic N) is 1. The minimum atomic E-state index is -0.113. The Morgan fingerprint density at radius 1 is 1.42 bits per heavy atom. The van der Waals surface area contributed by atoms with Crippen molar-refractivity contribution in [3.05, 3.63) is 29.6 Å². The summed E-state index contributed by atoms with van der Waals surface area (Å²) < 4.78 is 13.5. The van der Waals surface area contributed by atoms with Gasteiger partial charge in [0.25, 0.3) is 0 Å². The molecule has 19 heavy (non-hydrogen) atoms. The number of fused-ring (bicyclic) bond motifs is 1. The van der Waals surface area contributed by atoms with E-state index in [1.165, 1.54) is 24.8 Å². The van der Waals surface area contributed by atoms with Crippen LogP contribution in [-0.2, 0) is 6.42 Å². The molecule has 2 nitrogen and oxygen atoms in total. The first-order valence-electron chi connectivity index (χ1n) is 7.47. The van der Waals surface area contributed by atoms with Gasteiger partial charge in [0.1, 0.15) is 5.82 Å². The van der Waals surface area contributed by atoms with Crippen molar-refractivity contribution >= 4 is 5.69 Å². The normalized spacial score (nSPS) is 26.5. The highest BCUT2D eigenvalue weighted by molar-refractivity contribution is 5.58. The van der Waals surface area contributed by atoms with Gasteiger partial charge in [-0.15, -0.1) is 0 Å². The van der Waals surface area contributed by atoms with E-state index in [1.807, 2.05) is 6.07 Å². The van der Waals surface area contributed by atoms with Gasteiger partial charge in [-0.05, 0) is 49.9 Å². The number of piperidine rings is 1. The second-order valence-corrected chi connectivity index (χ2v) is 6.08. The first kappa shape index (κ1) is 12.9. The summed E-state index contributed by atoms with van der Waals surface area (Å²) in [5.74, 6) is -0.113. The van der Waals surface area contributed by atoms with Gasteiger partial charge in [0.2, 0.25) is 0 Å². The molecule has 2 aliphatic rings. The zero-order valence-electron chi connectivity index (χ0n) is 11.7. The number of nitrogens with one attached hydrogen (secondary N) is 1.